The van der Waals surface area contributed by atoms with E-state index in [0.29, 0.717) is 11.3 Å². The monoisotopic (exact) mass is 246 g/mol. The molecule has 6 heteroatoms. The molecule has 3 rings (SSSR count). The summed E-state index contributed by atoms with van der Waals surface area (Å²) in [4.78, 5) is 15.7. The van der Waals surface area contributed by atoms with Crippen molar-refractivity contribution in [2.75, 3.05) is 0 Å². The fourth-order valence-electron chi connectivity index (χ4n) is 1.62. The van der Waals surface area contributed by atoms with Crippen LogP contribution in [0.4, 0.5) is 0 Å². The summed E-state index contributed by atoms with van der Waals surface area (Å²) in [6.07, 6.45) is 1.61. The van der Waals surface area contributed by atoms with Gasteiger partial charge in [-0.05, 0) is 0 Å². The number of aromatic amines is 1. The first-order chi connectivity index (χ1) is 8.25. The first kappa shape index (κ1) is 10.0. The molecular weight excluding hydrogens is 240 g/mol. The molecule has 0 aliphatic heterocycles. The molecule has 0 bridgehead atoms. The average Bonchev–Trinajstić information content (AvgIpc) is 2.73. The van der Waals surface area contributed by atoms with E-state index in [1.165, 1.54) is 4.40 Å². The molecular formula is C11H7ClN4O. The zero-order chi connectivity index (χ0) is 11.8. The van der Waals surface area contributed by atoms with Crippen molar-refractivity contribution in [3.63, 3.8) is 0 Å². The Balaban J connectivity index is 2.32. The summed E-state index contributed by atoms with van der Waals surface area (Å²) in [5, 5.41) is 6.31. The molecule has 0 amide bonds. The minimum atomic E-state index is -0.332. The van der Waals surface area contributed by atoms with E-state index in [9.17, 15) is 4.79 Å². The molecule has 84 valence electrons. The molecule has 17 heavy (non-hydrogen) atoms. The Morgan fingerprint density at radius 2 is 2.00 bits per heavy atom. The smallest absolute Gasteiger partial charge is 0.246 e. The maximum Gasteiger partial charge on any atom is 0.347 e. The van der Waals surface area contributed by atoms with Gasteiger partial charge in [0, 0.05) is 11.8 Å². The van der Waals surface area contributed by atoms with Gasteiger partial charge < -0.3 is 0 Å². The number of benzene rings is 1. The van der Waals surface area contributed by atoms with E-state index in [1.807, 2.05) is 30.3 Å². The summed E-state index contributed by atoms with van der Waals surface area (Å²) >= 11 is 5.97. The molecule has 0 saturated carbocycles. The summed E-state index contributed by atoms with van der Waals surface area (Å²) in [5.41, 5.74) is 1.52. The Labute approximate surface area is 101 Å². The number of hydrogen-bond acceptors (Lipinski definition) is 3. The maximum absolute atomic E-state index is 11.5. The highest BCUT2D eigenvalue weighted by atomic mass is 35.5. The number of halogens is 1. The van der Waals surface area contributed by atoms with Crippen LogP contribution < -0.4 is 5.69 Å². The Hall–Kier alpha value is -2.14. The van der Waals surface area contributed by atoms with Crippen LogP contribution in [0.3, 0.4) is 0 Å². The lowest BCUT2D eigenvalue weighted by atomic mass is 10.2. The van der Waals surface area contributed by atoms with E-state index in [0.717, 1.165) is 5.56 Å². The molecule has 1 N–H and O–H groups in total. The van der Waals surface area contributed by atoms with Crippen LogP contribution in [0.25, 0.3) is 16.9 Å². The molecule has 0 spiro atoms. The van der Waals surface area contributed by atoms with Gasteiger partial charge in [-0.25, -0.2) is 19.3 Å². The SMILES string of the molecule is O=c1[nH]nc2c(Cl)nc(-c3ccccc3)cn12. The third-order valence-corrected chi connectivity index (χ3v) is 2.68. The Kier molecular flexibility index (Phi) is 2.19. The van der Waals surface area contributed by atoms with Gasteiger partial charge in [-0.3, -0.25) is 0 Å². The van der Waals surface area contributed by atoms with E-state index < -0.39 is 0 Å². The van der Waals surface area contributed by atoms with Gasteiger partial charge in [0.25, 0.3) is 0 Å². The van der Waals surface area contributed by atoms with E-state index in [4.69, 9.17) is 11.6 Å². The predicted octanol–water partition coefficient (Wildman–Crippen LogP) is 1.74. The van der Waals surface area contributed by atoms with Gasteiger partial charge in [0.1, 0.15) is 0 Å². The van der Waals surface area contributed by atoms with Crippen molar-refractivity contribution in [2.24, 2.45) is 0 Å². The third-order valence-electron chi connectivity index (χ3n) is 2.43. The number of H-pyrrole nitrogens is 1. The minimum Gasteiger partial charge on any atom is -0.246 e. The maximum atomic E-state index is 11.5. The van der Waals surface area contributed by atoms with Gasteiger partial charge in [-0.1, -0.05) is 41.9 Å². The minimum absolute atomic E-state index is 0.199. The number of rotatable bonds is 1. The van der Waals surface area contributed by atoms with E-state index >= 15 is 0 Å². The van der Waals surface area contributed by atoms with Crippen molar-refractivity contribution in [1.82, 2.24) is 19.6 Å². The van der Waals surface area contributed by atoms with Crippen LogP contribution >= 0.6 is 11.6 Å². The summed E-state index contributed by atoms with van der Waals surface area (Å²) in [5.74, 6) is 0. The Morgan fingerprint density at radius 1 is 1.24 bits per heavy atom. The molecule has 0 aliphatic carbocycles. The Morgan fingerprint density at radius 3 is 2.76 bits per heavy atom. The zero-order valence-electron chi connectivity index (χ0n) is 8.59. The summed E-state index contributed by atoms with van der Waals surface area (Å²) < 4.78 is 1.34. The van der Waals surface area contributed by atoms with Crippen molar-refractivity contribution < 1.29 is 0 Å². The van der Waals surface area contributed by atoms with Gasteiger partial charge in [0.2, 0.25) is 0 Å². The zero-order valence-corrected chi connectivity index (χ0v) is 9.35. The van der Waals surface area contributed by atoms with Gasteiger partial charge in [-0.2, -0.15) is 0 Å². The van der Waals surface area contributed by atoms with Crippen LogP contribution in [0.15, 0.2) is 41.3 Å². The summed E-state index contributed by atoms with van der Waals surface area (Å²) in [6, 6.07) is 9.50. The van der Waals surface area contributed by atoms with Crippen molar-refractivity contribution in [2.45, 2.75) is 0 Å². The predicted molar refractivity (Wildman–Crippen MR) is 64.1 cm³/mol. The summed E-state index contributed by atoms with van der Waals surface area (Å²) in [7, 11) is 0. The number of aromatic nitrogens is 4. The number of fused-ring (bicyclic) bond motifs is 1. The van der Waals surface area contributed by atoms with Crippen LogP contribution in [0, 0.1) is 0 Å². The highest BCUT2D eigenvalue weighted by Gasteiger charge is 2.09. The van der Waals surface area contributed by atoms with Crippen molar-refractivity contribution in [3.05, 3.63) is 52.2 Å². The number of nitrogens with one attached hydrogen (secondary N) is 1. The largest absolute Gasteiger partial charge is 0.347 e. The van der Waals surface area contributed by atoms with Crippen molar-refractivity contribution in [1.29, 1.82) is 0 Å². The van der Waals surface area contributed by atoms with Crippen LogP contribution in [-0.2, 0) is 0 Å². The number of hydrogen-bond donors (Lipinski definition) is 1. The lowest BCUT2D eigenvalue weighted by Gasteiger charge is -2.01. The van der Waals surface area contributed by atoms with Crippen LogP contribution in [0.2, 0.25) is 5.15 Å². The Bertz CT molecular complexity index is 732. The molecule has 0 fully saturated rings. The molecule has 0 aliphatic rings. The average molecular weight is 247 g/mol. The molecule has 2 aromatic heterocycles. The molecule has 2 heterocycles. The second-order valence-corrected chi connectivity index (χ2v) is 3.86. The highest BCUT2D eigenvalue weighted by Crippen LogP contribution is 2.19. The molecule has 0 radical (unpaired) electrons. The van der Waals surface area contributed by atoms with Crippen LogP contribution in [0.5, 0.6) is 0 Å². The molecule has 1 aromatic carbocycles. The van der Waals surface area contributed by atoms with Crippen molar-refractivity contribution >= 4 is 17.2 Å². The first-order valence-electron chi connectivity index (χ1n) is 4.94. The fraction of sp³-hybridized carbons (Fsp3) is 0. The topological polar surface area (TPSA) is 63.0 Å². The van der Waals surface area contributed by atoms with Gasteiger partial charge in [0.05, 0.1) is 5.69 Å². The second kappa shape index (κ2) is 3.71. The fourth-order valence-corrected chi connectivity index (χ4v) is 1.85. The van der Waals surface area contributed by atoms with E-state index in [1.54, 1.807) is 6.20 Å². The van der Waals surface area contributed by atoms with Crippen LogP contribution in [0.1, 0.15) is 0 Å². The molecule has 0 saturated heterocycles. The second-order valence-electron chi connectivity index (χ2n) is 3.51. The number of nitrogens with zero attached hydrogens (tertiary/aromatic N) is 3. The van der Waals surface area contributed by atoms with Gasteiger partial charge >= 0.3 is 5.69 Å². The first-order valence-corrected chi connectivity index (χ1v) is 5.32. The van der Waals surface area contributed by atoms with Crippen LogP contribution in [-0.4, -0.2) is 19.6 Å². The normalized spacial score (nSPS) is 10.9. The van der Waals surface area contributed by atoms with Gasteiger partial charge in [-0.15, -0.1) is 5.10 Å². The molecule has 0 unspecified atom stereocenters. The van der Waals surface area contributed by atoms with Crippen molar-refractivity contribution in [3.8, 4) is 11.3 Å². The molecule has 5 nitrogen and oxygen atoms in total. The van der Waals surface area contributed by atoms with Gasteiger partial charge in [0.15, 0.2) is 10.8 Å². The molecule has 0 atom stereocenters. The lowest BCUT2D eigenvalue weighted by Crippen LogP contribution is -2.09. The standard InChI is InChI=1S/C11H7ClN4O/c12-9-10-14-15-11(17)16(10)6-8(13-9)7-4-2-1-3-5-7/h1-6H,(H,15,17). The molecule has 3 aromatic rings. The third kappa shape index (κ3) is 1.60. The lowest BCUT2D eigenvalue weighted by molar-refractivity contribution is 1.02. The summed E-state index contributed by atoms with van der Waals surface area (Å²) in [6.45, 7) is 0. The van der Waals surface area contributed by atoms with E-state index in [2.05, 4.69) is 15.2 Å². The quantitative estimate of drug-likeness (QED) is 0.711. The highest BCUT2D eigenvalue weighted by molar-refractivity contribution is 6.32. The van der Waals surface area contributed by atoms with E-state index in [-0.39, 0.29) is 10.8 Å².